The molecule has 0 aromatic heterocycles. The molecule has 0 bridgehead atoms. The Bertz CT molecular complexity index is 595. The molecule has 0 spiro atoms. The van der Waals surface area contributed by atoms with Crippen LogP contribution in [0.15, 0.2) is 33.9 Å². The quantitative estimate of drug-likeness (QED) is 0.869. The zero-order valence-corrected chi connectivity index (χ0v) is 11.2. The Labute approximate surface area is 114 Å². The molecule has 4 nitrogen and oxygen atoms in total. The Morgan fingerprint density at radius 1 is 1.22 bits per heavy atom. The van der Waals surface area contributed by atoms with E-state index in [1.807, 2.05) is 25.1 Å². The van der Waals surface area contributed by atoms with Gasteiger partial charge in [0.2, 0.25) is 0 Å². The summed E-state index contributed by atoms with van der Waals surface area (Å²) in [7, 11) is 0. The Morgan fingerprint density at radius 2 is 1.89 bits per heavy atom. The van der Waals surface area contributed by atoms with Crippen molar-refractivity contribution in [3.05, 3.63) is 39.5 Å². The van der Waals surface area contributed by atoms with Crippen molar-refractivity contribution in [3.63, 3.8) is 0 Å². The van der Waals surface area contributed by atoms with Crippen LogP contribution >= 0.6 is 15.9 Å². The van der Waals surface area contributed by atoms with Crippen molar-refractivity contribution in [2.45, 2.75) is 13.3 Å². The average molecular weight is 301 g/mol. The van der Waals surface area contributed by atoms with Crippen molar-refractivity contribution in [1.82, 2.24) is 0 Å². The third kappa shape index (κ3) is 3.10. The van der Waals surface area contributed by atoms with Crippen molar-refractivity contribution >= 4 is 21.6 Å². The van der Waals surface area contributed by atoms with E-state index in [4.69, 9.17) is 15.8 Å². The van der Waals surface area contributed by atoms with Gasteiger partial charge in [-0.05, 0) is 30.2 Å². The number of nitrogens with zero attached hydrogens (tertiary/aromatic N) is 3. The first-order valence-electron chi connectivity index (χ1n) is 5.16. The van der Waals surface area contributed by atoms with Gasteiger partial charge in [-0.25, -0.2) is 0 Å². The third-order valence-corrected chi connectivity index (χ3v) is 2.79. The largest absolute Gasteiger partial charge is 0.345 e. The highest BCUT2D eigenvalue weighted by Crippen LogP contribution is 2.23. The SMILES string of the molecule is CCc1cc(Br)ccc1NC(C#N)=C(C#N)C#N. The molecule has 18 heavy (non-hydrogen) atoms. The monoisotopic (exact) mass is 300 g/mol. The second-order valence-corrected chi connectivity index (χ2v) is 4.28. The second-order valence-electron chi connectivity index (χ2n) is 3.37. The Hall–Kier alpha value is -2.29. The van der Waals surface area contributed by atoms with Gasteiger partial charge in [0.1, 0.15) is 23.9 Å². The predicted molar refractivity (Wildman–Crippen MR) is 71.0 cm³/mol. The van der Waals surface area contributed by atoms with Crippen LogP contribution in [0.3, 0.4) is 0 Å². The van der Waals surface area contributed by atoms with Gasteiger partial charge in [0.05, 0.1) is 0 Å². The lowest BCUT2D eigenvalue weighted by atomic mass is 10.1. The third-order valence-electron chi connectivity index (χ3n) is 2.29. The van der Waals surface area contributed by atoms with E-state index in [0.29, 0.717) is 0 Å². The topological polar surface area (TPSA) is 83.4 Å². The van der Waals surface area contributed by atoms with Gasteiger partial charge in [-0.15, -0.1) is 0 Å². The maximum absolute atomic E-state index is 8.96. The second kappa shape index (κ2) is 6.45. The minimum atomic E-state index is -0.220. The number of aryl methyl sites for hydroxylation is 1. The molecule has 0 saturated heterocycles. The molecule has 0 amide bonds. The number of hydrogen-bond acceptors (Lipinski definition) is 4. The fourth-order valence-electron chi connectivity index (χ4n) is 1.39. The maximum Gasteiger partial charge on any atom is 0.163 e. The summed E-state index contributed by atoms with van der Waals surface area (Å²) < 4.78 is 0.938. The first-order valence-corrected chi connectivity index (χ1v) is 5.95. The summed E-state index contributed by atoms with van der Waals surface area (Å²) in [4.78, 5) is 0. The molecule has 0 aliphatic rings. The number of halogens is 1. The summed E-state index contributed by atoms with van der Waals surface area (Å²) in [5.41, 5.74) is 1.46. The Morgan fingerprint density at radius 3 is 2.39 bits per heavy atom. The van der Waals surface area contributed by atoms with Gasteiger partial charge in [0, 0.05) is 10.2 Å². The first kappa shape index (κ1) is 13.8. The molecule has 0 unspecified atom stereocenters. The van der Waals surface area contributed by atoms with E-state index in [2.05, 4.69) is 21.2 Å². The van der Waals surface area contributed by atoms with E-state index in [1.165, 1.54) is 0 Å². The number of hydrogen-bond donors (Lipinski definition) is 1. The number of anilines is 1. The highest BCUT2D eigenvalue weighted by atomic mass is 79.9. The molecule has 0 fully saturated rings. The van der Waals surface area contributed by atoms with Crippen molar-refractivity contribution in [3.8, 4) is 18.2 Å². The highest BCUT2D eigenvalue weighted by molar-refractivity contribution is 9.10. The summed E-state index contributed by atoms with van der Waals surface area (Å²) in [6.45, 7) is 1.98. The van der Waals surface area contributed by atoms with Crippen LogP contribution in [-0.4, -0.2) is 0 Å². The van der Waals surface area contributed by atoms with Gasteiger partial charge in [-0.2, -0.15) is 15.8 Å². The molecule has 88 valence electrons. The molecule has 0 aliphatic carbocycles. The van der Waals surface area contributed by atoms with E-state index in [-0.39, 0.29) is 11.3 Å². The minimum Gasteiger partial charge on any atom is -0.345 e. The maximum atomic E-state index is 8.96. The van der Waals surface area contributed by atoms with Crippen molar-refractivity contribution in [1.29, 1.82) is 15.8 Å². The fourth-order valence-corrected chi connectivity index (χ4v) is 1.80. The Balaban J connectivity index is 3.21. The minimum absolute atomic E-state index is 0.0305. The standard InChI is InChI=1S/C13H9BrN4/c1-2-9-5-11(14)3-4-12(9)18-13(8-17)10(6-15)7-16/h3-5,18H,2H2,1H3. The summed E-state index contributed by atoms with van der Waals surface area (Å²) in [5, 5.41) is 29.3. The highest BCUT2D eigenvalue weighted by Gasteiger charge is 2.08. The van der Waals surface area contributed by atoms with Crippen LogP contribution in [0.4, 0.5) is 5.69 Å². The van der Waals surface area contributed by atoms with E-state index >= 15 is 0 Å². The lowest BCUT2D eigenvalue weighted by Gasteiger charge is -2.10. The van der Waals surface area contributed by atoms with Gasteiger partial charge in [-0.1, -0.05) is 22.9 Å². The zero-order valence-electron chi connectivity index (χ0n) is 9.66. The summed E-state index contributed by atoms with van der Waals surface area (Å²) >= 11 is 3.37. The number of nitriles is 3. The van der Waals surface area contributed by atoms with Crippen molar-refractivity contribution in [2.75, 3.05) is 5.32 Å². The molecule has 0 aliphatic heterocycles. The molecule has 1 aromatic carbocycles. The molecule has 0 radical (unpaired) electrons. The first-order chi connectivity index (χ1) is 8.65. The van der Waals surface area contributed by atoms with Crippen molar-refractivity contribution in [2.24, 2.45) is 0 Å². The lowest BCUT2D eigenvalue weighted by molar-refractivity contribution is 1.13. The molecule has 1 rings (SSSR count). The van der Waals surface area contributed by atoms with Gasteiger partial charge in [0.15, 0.2) is 5.57 Å². The van der Waals surface area contributed by atoms with Crippen LogP contribution in [-0.2, 0) is 6.42 Å². The van der Waals surface area contributed by atoms with Gasteiger partial charge in [-0.3, -0.25) is 0 Å². The Kier molecular flexibility index (Phi) is 4.93. The fraction of sp³-hybridized carbons (Fsp3) is 0.154. The predicted octanol–water partition coefficient (Wildman–Crippen LogP) is 3.25. The number of allylic oxidation sites excluding steroid dienone is 2. The van der Waals surface area contributed by atoms with Gasteiger partial charge < -0.3 is 5.32 Å². The van der Waals surface area contributed by atoms with Crippen LogP contribution in [0.1, 0.15) is 12.5 Å². The molecule has 0 atom stereocenters. The van der Waals surface area contributed by atoms with E-state index in [0.717, 1.165) is 22.1 Å². The van der Waals surface area contributed by atoms with Crippen LogP contribution < -0.4 is 5.32 Å². The van der Waals surface area contributed by atoms with E-state index < -0.39 is 0 Å². The van der Waals surface area contributed by atoms with Gasteiger partial charge in [0.25, 0.3) is 0 Å². The summed E-state index contributed by atoms with van der Waals surface area (Å²) in [6, 6.07) is 10.8. The van der Waals surface area contributed by atoms with Crippen LogP contribution in [0.2, 0.25) is 0 Å². The molecular formula is C13H9BrN4. The zero-order chi connectivity index (χ0) is 13.5. The molecule has 0 saturated carbocycles. The van der Waals surface area contributed by atoms with E-state index in [1.54, 1.807) is 18.2 Å². The molecule has 0 heterocycles. The van der Waals surface area contributed by atoms with Crippen molar-refractivity contribution < 1.29 is 0 Å². The summed E-state index contributed by atoms with van der Waals surface area (Å²) in [6.07, 6.45) is 0.773. The number of rotatable bonds is 3. The number of nitrogens with one attached hydrogen (secondary N) is 1. The molecule has 1 aromatic rings. The smallest absolute Gasteiger partial charge is 0.163 e. The van der Waals surface area contributed by atoms with Crippen LogP contribution in [0.5, 0.6) is 0 Å². The van der Waals surface area contributed by atoms with Crippen LogP contribution in [0, 0.1) is 34.0 Å². The van der Waals surface area contributed by atoms with E-state index in [9.17, 15) is 0 Å². The van der Waals surface area contributed by atoms with Gasteiger partial charge >= 0.3 is 0 Å². The van der Waals surface area contributed by atoms with Crippen LogP contribution in [0.25, 0.3) is 0 Å². The normalized spacial score (nSPS) is 8.61. The summed E-state index contributed by atoms with van der Waals surface area (Å²) in [5.74, 6) is 0. The number of benzene rings is 1. The lowest BCUT2D eigenvalue weighted by Crippen LogP contribution is -2.03. The average Bonchev–Trinajstić information content (AvgIpc) is 2.40. The molecular weight excluding hydrogens is 292 g/mol. The molecule has 5 heteroatoms. The molecule has 1 N–H and O–H groups in total.